The minimum absolute atomic E-state index is 0.0181. The number of ether oxygens (including phenoxy) is 3. The Hall–Kier alpha value is -3.09. The molecule has 0 unspecified atom stereocenters. The van der Waals surface area contributed by atoms with E-state index in [-0.39, 0.29) is 11.3 Å². The van der Waals surface area contributed by atoms with Crippen molar-refractivity contribution in [3.8, 4) is 11.5 Å². The number of para-hydroxylation sites is 1. The first kappa shape index (κ1) is 20.2. The van der Waals surface area contributed by atoms with Gasteiger partial charge < -0.3 is 19.5 Å². The predicted octanol–water partition coefficient (Wildman–Crippen LogP) is 3.81. The molecule has 2 aromatic rings. The summed E-state index contributed by atoms with van der Waals surface area (Å²) in [5.41, 5.74) is 0.228. The first-order valence-electron chi connectivity index (χ1n) is 8.53. The standard InChI is InChI=1S/C20H22FNO5/c1-4-11-26-17-10-9-14(12-18(17)25-3)20(24)27-13(2)19(23)22-16-8-6-5-7-15(16)21/h5-10,12-13H,4,11H2,1-3H3,(H,22,23)/t13-/m0/s1. The molecule has 0 heterocycles. The van der Waals surface area contributed by atoms with Crippen molar-refractivity contribution in [3.05, 3.63) is 53.8 Å². The summed E-state index contributed by atoms with van der Waals surface area (Å²) >= 11 is 0. The number of carbonyl (C=O) groups is 2. The van der Waals surface area contributed by atoms with Gasteiger partial charge in [-0.1, -0.05) is 19.1 Å². The Morgan fingerprint density at radius 1 is 1.15 bits per heavy atom. The number of hydrogen-bond acceptors (Lipinski definition) is 5. The summed E-state index contributed by atoms with van der Waals surface area (Å²) < 4.78 is 29.5. The second-order valence-electron chi connectivity index (χ2n) is 5.73. The van der Waals surface area contributed by atoms with E-state index in [1.54, 1.807) is 12.1 Å². The van der Waals surface area contributed by atoms with Crippen LogP contribution >= 0.6 is 0 Å². The highest BCUT2D eigenvalue weighted by Gasteiger charge is 2.21. The van der Waals surface area contributed by atoms with Gasteiger partial charge in [-0.2, -0.15) is 0 Å². The van der Waals surface area contributed by atoms with E-state index >= 15 is 0 Å². The van der Waals surface area contributed by atoms with Crippen molar-refractivity contribution in [2.45, 2.75) is 26.4 Å². The van der Waals surface area contributed by atoms with Gasteiger partial charge in [0.2, 0.25) is 0 Å². The number of rotatable bonds is 8. The minimum Gasteiger partial charge on any atom is -0.493 e. The van der Waals surface area contributed by atoms with Gasteiger partial charge >= 0.3 is 5.97 Å². The Morgan fingerprint density at radius 3 is 2.56 bits per heavy atom. The van der Waals surface area contributed by atoms with Crippen LogP contribution in [-0.4, -0.2) is 31.7 Å². The summed E-state index contributed by atoms with van der Waals surface area (Å²) in [6, 6.07) is 10.4. The van der Waals surface area contributed by atoms with Gasteiger partial charge in [-0.05, 0) is 43.7 Å². The molecule has 0 radical (unpaired) electrons. The molecule has 0 saturated heterocycles. The Kier molecular flexibility index (Phi) is 7.16. The molecule has 144 valence electrons. The normalized spacial score (nSPS) is 11.4. The second-order valence-corrected chi connectivity index (χ2v) is 5.73. The fourth-order valence-electron chi connectivity index (χ4n) is 2.20. The Bertz CT molecular complexity index is 809. The SMILES string of the molecule is CCCOc1ccc(C(=O)O[C@@H](C)C(=O)Nc2ccccc2F)cc1OC. The van der Waals surface area contributed by atoms with E-state index in [2.05, 4.69) is 5.32 Å². The molecule has 1 N–H and O–H groups in total. The number of methoxy groups -OCH3 is 1. The van der Waals surface area contributed by atoms with Gasteiger partial charge in [0.25, 0.3) is 5.91 Å². The smallest absolute Gasteiger partial charge is 0.339 e. The molecule has 0 aliphatic heterocycles. The molecule has 0 aromatic heterocycles. The van der Waals surface area contributed by atoms with Crippen molar-refractivity contribution in [2.24, 2.45) is 0 Å². The molecular weight excluding hydrogens is 353 g/mol. The number of amides is 1. The molecule has 0 fully saturated rings. The molecule has 0 aliphatic rings. The lowest BCUT2D eigenvalue weighted by Crippen LogP contribution is -2.30. The van der Waals surface area contributed by atoms with Gasteiger partial charge in [0, 0.05) is 0 Å². The fourth-order valence-corrected chi connectivity index (χ4v) is 2.20. The highest BCUT2D eigenvalue weighted by molar-refractivity contribution is 5.97. The van der Waals surface area contributed by atoms with Crippen LogP contribution in [0, 0.1) is 5.82 Å². The van der Waals surface area contributed by atoms with Crippen LogP contribution in [0.15, 0.2) is 42.5 Å². The molecule has 27 heavy (non-hydrogen) atoms. The molecule has 0 aliphatic carbocycles. The number of nitrogens with one attached hydrogen (secondary N) is 1. The summed E-state index contributed by atoms with van der Waals surface area (Å²) in [4.78, 5) is 24.4. The van der Waals surface area contributed by atoms with Crippen molar-refractivity contribution >= 4 is 17.6 Å². The van der Waals surface area contributed by atoms with Gasteiger partial charge in [-0.25, -0.2) is 9.18 Å². The average Bonchev–Trinajstić information content (AvgIpc) is 2.67. The van der Waals surface area contributed by atoms with E-state index < -0.39 is 23.8 Å². The Labute approximate surface area is 157 Å². The molecule has 1 amide bonds. The Balaban J connectivity index is 2.03. The van der Waals surface area contributed by atoms with Gasteiger partial charge in [0.1, 0.15) is 5.82 Å². The van der Waals surface area contributed by atoms with Gasteiger partial charge in [-0.3, -0.25) is 4.79 Å². The van der Waals surface area contributed by atoms with Crippen LogP contribution in [0.5, 0.6) is 11.5 Å². The molecule has 6 nitrogen and oxygen atoms in total. The maximum absolute atomic E-state index is 13.6. The molecule has 1 atom stereocenters. The molecule has 7 heteroatoms. The lowest BCUT2D eigenvalue weighted by molar-refractivity contribution is -0.123. The third-order valence-electron chi connectivity index (χ3n) is 3.65. The predicted molar refractivity (Wildman–Crippen MR) is 98.7 cm³/mol. The van der Waals surface area contributed by atoms with Crippen LogP contribution in [0.2, 0.25) is 0 Å². The van der Waals surface area contributed by atoms with Crippen LogP contribution in [0.4, 0.5) is 10.1 Å². The van der Waals surface area contributed by atoms with Crippen LogP contribution in [0.1, 0.15) is 30.6 Å². The number of hydrogen-bond donors (Lipinski definition) is 1. The summed E-state index contributed by atoms with van der Waals surface area (Å²) in [6.45, 7) is 3.91. The quantitative estimate of drug-likeness (QED) is 0.711. The highest BCUT2D eigenvalue weighted by Crippen LogP contribution is 2.28. The molecule has 0 spiro atoms. The fraction of sp³-hybridized carbons (Fsp3) is 0.300. The molecule has 2 aromatic carbocycles. The maximum atomic E-state index is 13.6. The first-order chi connectivity index (χ1) is 13.0. The lowest BCUT2D eigenvalue weighted by Gasteiger charge is -2.15. The molecule has 0 saturated carbocycles. The number of benzene rings is 2. The largest absolute Gasteiger partial charge is 0.493 e. The highest BCUT2D eigenvalue weighted by atomic mass is 19.1. The van der Waals surface area contributed by atoms with Crippen molar-refractivity contribution in [3.63, 3.8) is 0 Å². The number of carbonyl (C=O) groups excluding carboxylic acids is 2. The van der Waals surface area contributed by atoms with Crippen LogP contribution < -0.4 is 14.8 Å². The zero-order chi connectivity index (χ0) is 19.8. The first-order valence-corrected chi connectivity index (χ1v) is 8.53. The van der Waals surface area contributed by atoms with Crippen LogP contribution in [0.3, 0.4) is 0 Å². The molecular formula is C20H22FNO5. The summed E-state index contributed by atoms with van der Waals surface area (Å²) in [7, 11) is 1.47. The molecule has 2 rings (SSSR count). The number of anilines is 1. The van der Waals surface area contributed by atoms with E-state index in [4.69, 9.17) is 14.2 Å². The van der Waals surface area contributed by atoms with E-state index in [9.17, 15) is 14.0 Å². The second kappa shape index (κ2) is 9.56. The van der Waals surface area contributed by atoms with Gasteiger partial charge in [0.05, 0.1) is 25.0 Å². The maximum Gasteiger partial charge on any atom is 0.339 e. The van der Waals surface area contributed by atoms with E-state index in [0.717, 1.165) is 6.42 Å². The Morgan fingerprint density at radius 2 is 1.89 bits per heavy atom. The third-order valence-corrected chi connectivity index (χ3v) is 3.65. The number of esters is 1. The zero-order valence-electron chi connectivity index (χ0n) is 15.5. The van der Waals surface area contributed by atoms with Crippen molar-refractivity contribution in [1.29, 1.82) is 0 Å². The van der Waals surface area contributed by atoms with E-state index in [1.807, 2.05) is 6.92 Å². The van der Waals surface area contributed by atoms with Gasteiger partial charge in [0.15, 0.2) is 17.6 Å². The van der Waals surface area contributed by atoms with Crippen molar-refractivity contribution in [1.82, 2.24) is 0 Å². The van der Waals surface area contributed by atoms with Crippen molar-refractivity contribution in [2.75, 3.05) is 19.0 Å². The van der Waals surface area contributed by atoms with Crippen LogP contribution in [0.25, 0.3) is 0 Å². The summed E-state index contributed by atoms with van der Waals surface area (Å²) in [6.07, 6.45) is -0.277. The topological polar surface area (TPSA) is 73.9 Å². The minimum atomic E-state index is -1.11. The molecule has 0 bridgehead atoms. The van der Waals surface area contributed by atoms with Crippen molar-refractivity contribution < 1.29 is 28.2 Å². The van der Waals surface area contributed by atoms with Gasteiger partial charge in [-0.15, -0.1) is 0 Å². The third kappa shape index (κ3) is 5.44. The van der Waals surface area contributed by atoms with E-state index in [0.29, 0.717) is 18.1 Å². The van der Waals surface area contributed by atoms with Crippen LogP contribution in [-0.2, 0) is 9.53 Å². The zero-order valence-corrected chi connectivity index (χ0v) is 15.5. The monoisotopic (exact) mass is 375 g/mol. The summed E-state index contributed by atoms with van der Waals surface area (Å²) in [5, 5.41) is 2.39. The lowest BCUT2D eigenvalue weighted by atomic mass is 10.2. The summed E-state index contributed by atoms with van der Waals surface area (Å²) in [5.74, 6) is -1.01. The number of halogens is 1. The van der Waals surface area contributed by atoms with E-state index in [1.165, 1.54) is 44.4 Å². The average molecular weight is 375 g/mol.